The Morgan fingerprint density at radius 2 is 2.25 bits per heavy atom. The summed E-state index contributed by atoms with van der Waals surface area (Å²) in [5.41, 5.74) is 5.38. The Kier molecular flexibility index (Phi) is 2.08. The molecule has 1 fully saturated rings. The van der Waals surface area contributed by atoms with E-state index in [-0.39, 0.29) is 0 Å². The van der Waals surface area contributed by atoms with E-state index < -0.39 is 0 Å². The topological polar surface area (TPSA) is 12.5 Å². The molecule has 2 nitrogen and oxygen atoms in total. The highest BCUT2D eigenvalue weighted by Crippen LogP contribution is 2.40. The van der Waals surface area contributed by atoms with Crippen molar-refractivity contribution in [3.05, 3.63) is 41.5 Å². The number of hydrogen-bond acceptors (Lipinski definition) is 2. The van der Waals surface area contributed by atoms with Gasteiger partial charge in [0.1, 0.15) is 0 Å². The zero-order chi connectivity index (χ0) is 11.3. The number of benzene rings is 1. The van der Waals surface area contributed by atoms with Gasteiger partial charge in [-0.25, -0.2) is 5.06 Å². The van der Waals surface area contributed by atoms with Gasteiger partial charge < -0.3 is 0 Å². The number of nitrogens with zero attached hydrogens (tertiary/aromatic N) is 1. The first-order valence-electron chi connectivity index (χ1n) is 5.87. The third-order valence-electron chi connectivity index (χ3n) is 3.60. The summed E-state index contributed by atoms with van der Waals surface area (Å²) in [4.78, 5) is 5.90. The van der Waals surface area contributed by atoms with Crippen molar-refractivity contribution in [2.75, 3.05) is 5.06 Å². The minimum Gasteiger partial charge on any atom is -0.269 e. The van der Waals surface area contributed by atoms with E-state index in [0.29, 0.717) is 12.1 Å². The molecule has 0 amide bonds. The Bertz CT molecular complexity index is 452. The van der Waals surface area contributed by atoms with E-state index in [1.807, 2.05) is 6.08 Å². The van der Waals surface area contributed by atoms with Gasteiger partial charge in [-0.2, -0.15) is 0 Å². The normalized spacial score (nSPS) is 26.8. The monoisotopic (exact) mass is 215 g/mol. The maximum absolute atomic E-state index is 5.90. The van der Waals surface area contributed by atoms with E-state index in [0.717, 1.165) is 12.8 Å². The lowest BCUT2D eigenvalue weighted by Crippen LogP contribution is -2.30. The zero-order valence-electron chi connectivity index (χ0n) is 9.86. The predicted molar refractivity (Wildman–Crippen MR) is 65.6 cm³/mol. The van der Waals surface area contributed by atoms with Crippen LogP contribution in [-0.2, 0) is 11.3 Å². The van der Waals surface area contributed by atoms with Gasteiger partial charge >= 0.3 is 0 Å². The highest BCUT2D eigenvalue weighted by Gasteiger charge is 2.38. The SMILES string of the molecule is C=C[C@@H]1C[C@@H]2Cc3c(C)cc(C)cc3N1O2. The van der Waals surface area contributed by atoms with Crippen LogP contribution in [0.15, 0.2) is 24.8 Å². The maximum Gasteiger partial charge on any atom is 0.0921 e. The van der Waals surface area contributed by atoms with Crippen LogP contribution in [0.1, 0.15) is 23.1 Å². The number of fused-ring (bicyclic) bond motifs is 4. The number of hydroxylamine groups is 1. The molecule has 2 heteroatoms. The van der Waals surface area contributed by atoms with Crippen LogP contribution in [0.5, 0.6) is 0 Å². The average Bonchev–Trinajstić information content (AvgIpc) is 2.59. The molecule has 1 saturated heterocycles. The van der Waals surface area contributed by atoms with Gasteiger partial charge in [0.25, 0.3) is 0 Å². The van der Waals surface area contributed by atoms with Crippen LogP contribution in [-0.4, -0.2) is 12.1 Å². The van der Waals surface area contributed by atoms with Gasteiger partial charge in [-0.1, -0.05) is 12.1 Å². The molecule has 2 bridgehead atoms. The molecular weight excluding hydrogens is 198 g/mol. The summed E-state index contributed by atoms with van der Waals surface area (Å²) in [7, 11) is 0. The summed E-state index contributed by atoms with van der Waals surface area (Å²) in [6.45, 7) is 8.23. The van der Waals surface area contributed by atoms with Crippen LogP contribution >= 0.6 is 0 Å². The van der Waals surface area contributed by atoms with Gasteiger partial charge in [-0.15, -0.1) is 6.58 Å². The minimum absolute atomic E-state index is 0.340. The predicted octanol–water partition coefficient (Wildman–Crippen LogP) is 2.92. The zero-order valence-corrected chi connectivity index (χ0v) is 9.86. The maximum atomic E-state index is 5.90. The van der Waals surface area contributed by atoms with Crippen molar-refractivity contribution < 1.29 is 4.84 Å². The third-order valence-corrected chi connectivity index (χ3v) is 3.60. The minimum atomic E-state index is 0.340. The van der Waals surface area contributed by atoms with Gasteiger partial charge in [0.2, 0.25) is 0 Å². The molecule has 3 rings (SSSR count). The molecule has 2 aliphatic rings. The third kappa shape index (κ3) is 1.30. The molecular formula is C14H17NO. The Morgan fingerprint density at radius 1 is 1.44 bits per heavy atom. The van der Waals surface area contributed by atoms with Crippen LogP contribution in [0.4, 0.5) is 5.69 Å². The fourth-order valence-corrected chi connectivity index (χ4v) is 2.86. The van der Waals surface area contributed by atoms with Crippen molar-refractivity contribution in [1.29, 1.82) is 0 Å². The molecule has 16 heavy (non-hydrogen) atoms. The quantitative estimate of drug-likeness (QED) is 0.668. The van der Waals surface area contributed by atoms with Crippen molar-refractivity contribution in [3.8, 4) is 0 Å². The molecule has 0 spiro atoms. The van der Waals surface area contributed by atoms with Gasteiger partial charge in [0, 0.05) is 12.8 Å². The van der Waals surface area contributed by atoms with Crippen molar-refractivity contribution >= 4 is 5.69 Å². The highest BCUT2D eigenvalue weighted by atomic mass is 16.7. The first kappa shape index (κ1) is 9.91. The lowest BCUT2D eigenvalue weighted by Gasteiger charge is -2.30. The van der Waals surface area contributed by atoms with Gasteiger partial charge in [0.05, 0.1) is 17.8 Å². The first-order chi connectivity index (χ1) is 7.69. The second kappa shape index (κ2) is 3.36. The van der Waals surface area contributed by atoms with Crippen LogP contribution in [0.2, 0.25) is 0 Å². The highest BCUT2D eigenvalue weighted by molar-refractivity contribution is 5.60. The second-order valence-corrected chi connectivity index (χ2v) is 4.88. The van der Waals surface area contributed by atoms with Crippen LogP contribution in [0.25, 0.3) is 0 Å². The fourth-order valence-electron chi connectivity index (χ4n) is 2.86. The molecule has 0 N–H and O–H groups in total. The molecule has 0 radical (unpaired) electrons. The second-order valence-electron chi connectivity index (χ2n) is 4.88. The molecule has 2 atom stereocenters. The standard InChI is InChI=1S/C14H17NO/c1-4-11-7-12-8-13-10(3)5-9(2)6-14(13)15(11)16-12/h4-6,11-12H,1,7-8H2,2-3H3/t11-,12-/m1/s1. The van der Waals surface area contributed by atoms with E-state index in [4.69, 9.17) is 4.84 Å². The number of rotatable bonds is 1. The van der Waals surface area contributed by atoms with Crippen LogP contribution in [0, 0.1) is 13.8 Å². The molecule has 0 unspecified atom stereocenters. The van der Waals surface area contributed by atoms with Crippen LogP contribution in [0.3, 0.4) is 0 Å². The van der Waals surface area contributed by atoms with Gasteiger partial charge in [-0.05, 0) is 36.6 Å². The van der Waals surface area contributed by atoms with E-state index in [1.54, 1.807) is 0 Å². The molecule has 2 heterocycles. The Hall–Kier alpha value is -1.28. The number of aryl methyl sites for hydroxylation is 2. The molecule has 2 aliphatic heterocycles. The van der Waals surface area contributed by atoms with Crippen molar-refractivity contribution in [1.82, 2.24) is 0 Å². The largest absolute Gasteiger partial charge is 0.269 e. The van der Waals surface area contributed by atoms with E-state index in [9.17, 15) is 0 Å². The smallest absolute Gasteiger partial charge is 0.0921 e. The Morgan fingerprint density at radius 3 is 3.00 bits per heavy atom. The van der Waals surface area contributed by atoms with Crippen LogP contribution < -0.4 is 5.06 Å². The summed E-state index contributed by atoms with van der Waals surface area (Å²) in [6.07, 6.45) is 4.45. The fraction of sp³-hybridized carbons (Fsp3) is 0.429. The lowest BCUT2D eigenvalue weighted by atomic mass is 9.97. The lowest BCUT2D eigenvalue weighted by molar-refractivity contribution is 0.0750. The molecule has 84 valence electrons. The number of hydrogen-bond donors (Lipinski definition) is 0. The Balaban J connectivity index is 2.14. The average molecular weight is 215 g/mol. The summed E-state index contributed by atoms with van der Waals surface area (Å²) in [6, 6.07) is 4.82. The Labute approximate surface area is 96.5 Å². The van der Waals surface area contributed by atoms with Crippen molar-refractivity contribution in [2.45, 2.75) is 38.8 Å². The van der Waals surface area contributed by atoms with E-state index >= 15 is 0 Å². The van der Waals surface area contributed by atoms with E-state index in [2.05, 4.69) is 37.6 Å². The summed E-state index contributed by atoms with van der Waals surface area (Å²) in [5.74, 6) is 0. The first-order valence-corrected chi connectivity index (χ1v) is 5.87. The summed E-state index contributed by atoms with van der Waals surface area (Å²) >= 11 is 0. The summed E-state index contributed by atoms with van der Waals surface area (Å²) < 4.78 is 0. The summed E-state index contributed by atoms with van der Waals surface area (Å²) in [5, 5.41) is 2.05. The molecule has 0 saturated carbocycles. The van der Waals surface area contributed by atoms with Gasteiger partial charge in [-0.3, -0.25) is 4.84 Å². The molecule has 1 aromatic carbocycles. The van der Waals surface area contributed by atoms with Gasteiger partial charge in [0.15, 0.2) is 0 Å². The number of anilines is 1. The molecule has 0 aromatic heterocycles. The van der Waals surface area contributed by atoms with Crippen molar-refractivity contribution in [2.24, 2.45) is 0 Å². The van der Waals surface area contributed by atoms with Crippen molar-refractivity contribution in [3.63, 3.8) is 0 Å². The van der Waals surface area contributed by atoms with E-state index in [1.165, 1.54) is 22.4 Å². The molecule has 0 aliphatic carbocycles. The molecule has 1 aromatic rings.